The highest BCUT2D eigenvalue weighted by Crippen LogP contribution is 2.25. The van der Waals surface area contributed by atoms with Gasteiger partial charge in [0.1, 0.15) is 11.9 Å². The van der Waals surface area contributed by atoms with Crippen LogP contribution in [0.15, 0.2) is 28.7 Å². The molecular formula is C12H17BrN2O2. The minimum Gasteiger partial charge on any atom is -0.487 e. The van der Waals surface area contributed by atoms with Crippen molar-refractivity contribution in [3.8, 4) is 5.75 Å². The lowest BCUT2D eigenvalue weighted by atomic mass is 10.2. The van der Waals surface area contributed by atoms with Gasteiger partial charge in [0, 0.05) is 7.05 Å². The van der Waals surface area contributed by atoms with Crippen molar-refractivity contribution in [1.29, 1.82) is 0 Å². The summed E-state index contributed by atoms with van der Waals surface area (Å²) in [6.07, 6.45) is -0.119. The van der Waals surface area contributed by atoms with Crippen LogP contribution in [0.3, 0.4) is 0 Å². The molecule has 1 aromatic rings. The van der Waals surface area contributed by atoms with Crippen LogP contribution in [0.4, 0.5) is 4.79 Å². The predicted octanol–water partition coefficient (Wildman–Crippen LogP) is 2.53. The molecule has 0 heterocycles. The standard InChI is InChI=1S/C12H17BrN2O2/c1-8(15-12(16)14-3)9(2)17-11-7-5-4-6-10(11)13/h4-9H,1-3H3,(H2,14,15,16). The van der Waals surface area contributed by atoms with E-state index in [1.54, 1.807) is 7.05 Å². The van der Waals surface area contributed by atoms with Crippen LogP contribution in [0.25, 0.3) is 0 Å². The van der Waals surface area contributed by atoms with Crippen LogP contribution in [-0.4, -0.2) is 25.2 Å². The summed E-state index contributed by atoms with van der Waals surface area (Å²) in [5, 5.41) is 5.29. The van der Waals surface area contributed by atoms with Crippen molar-refractivity contribution in [2.24, 2.45) is 0 Å². The molecule has 0 saturated heterocycles. The third kappa shape index (κ3) is 4.26. The van der Waals surface area contributed by atoms with Gasteiger partial charge >= 0.3 is 6.03 Å². The number of rotatable bonds is 4. The molecule has 2 N–H and O–H groups in total. The van der Waals surface area contributed by atoms with Crippen molar-refractivity contribution in [1.82, 2.24) is 10.6 Å². The Kier molecular flexibility index (Phi) is 5.28. The SMILES string of the molecule is CNC(=O)NC(C)C(C)Oc1ccccc1Br. The lowest BCUT2D eigenvalue weighted by Crippen LogP contribution is -2.45. The molecule has 5 heteroatoms. The third-order valence-electron chi connectivity index (χ3n) is 2.44. The molecule has 0 fully saturated rings. The van der Waals surface area contributed by atoms with Gasteiger partial charge in [0.2, 0.25) is 0 Å². The fourth-order valence-electron chi connectivity index (χ4n) is 1.24. The van der Waals surface area contributed by atoms with E-state index in [0.29, 0.717) is 0 Å². The number of carbonyl (C=O) groups is 1. The molecule has 0 saturated carbocycles. The van der Waals surface area contributed by atoms with Crippen LogP contribution in [0.2, 0.25) is 0 Å². The maximum Gasteiger partial charge on any atom is 0.314 e. The molecule has 0 aliphatic carbocycles. The number of benzene rings is 1. The third-order valence-corrected chi connectivity index (χ3v) is 3.09. The second kappa shape index (κ2) is 6.49. The summed E-state index contributed by atoms with van der Waals surface area (Å²) in [6.45, 7) is 3.82. The van der Waals surface area contributed by atoms with Gasteiger partial charge in [-0.15, -0.1) is 0 Å². The van der Waals surface area contributed by atoms with Gasteiger partial charge in [-0.25, -0.2) is 4.79 Å². The molecule has 0 radical (unpaired) electrons. The normalized spacial score (nSPS) is 13.6. The Morgan fingerprint density at radius 3 is 2.59 bits per heavy atom. The second-order valence-corrected chi connectivity index (χ2v) is 4.62. The lowest BCUT2D eigenvalue weighted by Gasteiger charge is -2.23. The highest BCUT2D eigenvalue weighted by molar-refractivity contribution is 9.10. The first-order valence-electron chi connectivity index (χ1n) is 5.44. The van der Waals surface area contributed by atoms with E-state index in [0.717, 1.165) is 10.2 Å². The first kappa shape index (κ1) is 13.8. The van der Waals surface area contributed by atoms with E-state index >= 15 is 0 Å². The van der Waals surface area contributed by atoms with Crippen LogP contribution in [0.5, 0.6) is 5.75 Å². The molecular weight excluding hydrogens is 284 g/mol. The molecule has 2 amide bonds. The molecule has 2 unspecified atom stereocenters. The highest BCUT2D eigenvalue weighted by atomic mass is 79.9. The molecule has 1 rings (SSSR count). The van der Waals surface area contributed by atoms with Gasteiger partial charge in [-0.2, -0.15) is 0 Å². The molecule has 0 aliphatic heterocycles. The highest BCUT2D eigenvalue weighted by Gasteiger charge is 2.16. The van der Waals surface area contributed by atoms with Gasteiger partial charge in [-0.3, -0.25) is 0 Å². The summed E-state index contributed by atoms with van der Waals surface area (Å²) in [5.41, 5.74) is 0. The minimum atomic E-state index is -0.208. The molecule has 0 spiro atoms. The van der Waals surface area contributed by atoms with Gasteiger partial charge in [-0.1, -0.05) is 12.1 Å². The van der Waals surface area contributed by atoms with Crippen LogP contribution < -0.4 is 15.4 Å². The fourth-order valence-corrected chi connectivity index (χ4v) is 1.62. The molecule has 2 atom stereocenters. The number of amides is 2. The number of urea groups is 1. The van der Waals surface area contributed by atoms with Crippen molar-refractivity contribution in [3.05, 3.63) is 28.7 Å². The van der Waals surface area contributed by atoms with Gasteiger partial charge < -0.3 is 15.4 Å². The number of hydrogen-bond donors (Lipinski definition) is 2. The summed E-state index contributed by atoms with van der Waals surface area (Å²) in [4.78, 5) is 11.2. The largest absolute Gasteiger partial charge is 0.487 e. The fraction of sp³-hybridized carbons (Fsp3) is 0.417. The molecule has 1 aromatic carbocycles. The van der Waals surface area contributed by atoms with E-state index in [4.69, 9.17) is 4.74 Å². The van der Waals surface area contributed by atoms with Gasteiger partial charge in [0.15, 0.2) is 0 Å². The Bertz CT molecular complexity index is 385. The second-order valence-electron chi connectivity index (χ2n) is 3.77. The van der Waals surface area contributed by atoms with E-state index in [2.05, 4.69) is 26.6 Å². The van der Waals surface area contributed by atoms with Crippen molar-refractivity contribution < 1.29 is 9.53 Å². The molecule has 17 heavy (non-hydrogen) atoms. The predicted molar refractivity (Wildman–Crippen MR) is 71.3 cm³/mol. The number of carbonyl (C=O) groups excluding carboxylic acids is 1. The molecule has 94 valence electrons. The summed E-state index contributed by atoms with van der Waals surface area (Å²) in [6, 6.07) is 7.34. The quantitative estimate of drug-likeness (QED) is 0.898. The zero-order valence-electron chi connectivity index (χ0n) is 10.2. The maximum atomic E-state index is 11.2. The number of halogens is 1. The van der Waals surface area contributed by atoms with Gasteiger partial charge in [0.05, 0.1) is 10.5 Å². The Hall–Kier alpha value is -1.23. The lowest BCUT2D eigenvalue weighted by molar-refractivity contribution is 0.174. The van der Waals surface area contributed by atoms with Crippen molar-refractivity contribution in [2.45, 2.75) is 26.0 Å². The van der Waals surface area contributed by atoms with Gasteiger partial charge in [-0.05, 0) is 41.9 Å². The average molecular weight is 301 g/mol. The van der Waals surface area contributed by atoms with E-state index in [1.807, 2.05) is 38.1 Å². The Labute approximate surface area is 110 Å². The first-order valence-corrected chi connectivity index (χ1v) is 6.23. The first-order chi connectivity index (χ1) is 8.04. The number of nitrogens with one attached hydrogen (secondary N) is 2. The molecule has 0 aromatic heterocycles. The van der Waals surface area contributed by atoms with E-state index in [1.165, 1.54) is 0 Å². The Morgan fingerprint density at radius 2 is 2.00 bits per heavy atom. The van der Waals surface area contributed by atoms with Crippen LogP contribution >= 0.6 is 15.9 Å². The summed E-state index contributed by atoms with van der Waals surface area (Å²) in [5.74, 6) is 0.769. The molecule has 0 aliphatic rings. The number of hydrogen-bond acceptors (Lipinski definition) is 2. The molecule has 4 nitrogen and oxygen atoms in total. The van der Waals surface area contributed by atoms with Crippen molar-refractivity contribution in [2.75, 3.05) is 7.05 Å². The Morgan fingerprint density at radius 1 is 1.35 bits per heavy atom. The van der Waals surface area contributed by atoms with Crippen molar-refractivity contribution in [3.63, 3.8) is 0 Å². The van der Waals surface area contributed by atoms with Crippen LogP contribution in [0.1, 0.15) is 13.8 Å². The van der Waals surface area contributed by atoms with Crippen molar-refractivity contribution >= 4 is 22.0 Å². The zero-order valence-corrected chi connectivity index (χ0v) is 11.7. The summed E-state index contributed by atoms with van der Waals surface area (Å²) >= 11 is 3.41. The summed E-state index contributed by atoms with van der Waals surface area (Å²) in [7, 11) is 1.58. The minimum absolute atomic E-state index is 0.0814. The smallest absolute Gasteiger partial charge is 0.314 e. The Balaban J connectivity index is 2.57. The van der Waals surface area contributed by atoms with Crippen LogP contribution in [-0.2, 0) is 0 Å². The number of para-hydroxylation sites is 1. The van der Waals surface area contributed by atoms with E-state index in [9.17, 15) is 4.79 Å². The zero-order chi connectivity index (χ0) is 12.8. The van der Waals surface area contributed by atoms with Crippen LogP contribution in [0, 0.1) is 0 Å². The topological polar surface area (TPSA) is 50.4 Å². The summed E-state index contributed by atoms with van der Waals surface area (Å²) < 4.78 is 6.66. The van der Waals surface area contributed by atoms with E-state index < -0.39 is 0 Å². The number of ether oxygens (including phenoxy) is 1. The maximum absolute atomic E-state index is 11.2. The molecule has 0 bridgehead atoms. The van der Waals surface area contributed by atoms with Gasteiger partial charge in [0.25, 0.3) is 0 Å². The monoisotopic (exact) mass is 300 g/mol. The average Bonchev–Trinajstić information content (AvgIpc) is 2.31. The van der Waals surface area contributed by atoms with E-state index in [-0.39, 0.29) is 18.2 Å².